The summed E-state index contributed by atoms with van der Waals surface area (Å²) in [5, 5.41) is 3.74. The minimum atomic E-state index is 0.418. The fourth-order valence-electron chi connectivity index (χ4n) is 3.00. The molecule has 0 aromatic rings. The van der Waals surface area contributed by atoms with Gasteiger partial charge in [0.25, 0.3) is 0 Å². The first-order valence-corrected chi connectivity index (χ1v) is 7.42. The van der Waals surface area contributed by atoms with E-state index in [2.05, 4.69) is 17.1 Å². The number of nitrogens with zero attached hydrogens (tertiary/aromatic N) is 1. The Balaban J connectivity index is 1.58. The molecule has 2 fully saturated rings. The van der Waals surface area contributed by atoms with Crippen LogP contribution < -0.4 is 5.32 Å². The van der Waals surface area contributed by atoms with Crippen molar-refractivity contribution in [1.82, 2.24) is 10.2 Å². The highest BCUT2D eigenvalue weighted by Gasteiger charge is 2.16. The van der Waals surface area contributed by atoms with Gasteiger partial charge in [-0.2, -0.15) is 0 Å². The molecule has 3 heteroatoms. The van der Waals surface area contributed by atoms with Gasteiger partial charge in [0.2, 0.25) is 0 Å². The van der Waals surface area contributed by atoms with Crippen LogP contribution in [0.5, 0.6) is 0 Å². The van der Waals surface area contributed by atoms with E-state index in [1.165, 1.54) is 45.1 Å². The molecule has 1 aliphatic heterocycles. The van der Waals surface area contributed by atoms with Crippen molar-refractivity contribution >= 4 is 0 Å². The average molecular weight is 240 g/mol. The molecule has 0 amide bonds. The predicted octanol–water partition coefficient (Wildman–Crippen LogP) is 2.02. The lowest BCUT2D eigenvalue weighted by Gasteiger charge is -2.31. The lowest BCUT2D eigenvalue weighted by atomic mass is 10.1. The Morgan fingerprint density at radius 1 is 1.18 bits per heavy atom. The topological polar surface area (TPSA) is 24.5 Å². The second-order valence-electron chi connectivity index (χ2n) is 5.62. The van der Waals surface area contributed by atoms with Gasteiger partial charge in [-0.1, -0.05) is 25.7 Å². The minimum Gasteiger partial charge on any atom is -0.376 e. The van der Waals surface area contributed by atoms with Gasteiger partial charge < -0.3 is 10.1 Å². The molecule has 1 saturated carbocycles. The minimum absolute atomic E-state index is 0.418. The Morgan fingerprint density at radius 2 is 1.94 bits per heavy atom. The fourth-order valence-corrected chi connectivity index (χ4v) is 3.00. The van der Waals surface area contributed by atoms with Crippen molar-refractivity contribution in [1.29, 1.82) is 0 Å². The third-order valence-corrected chi connectivity index (χ3v) is 4.04. The number of ether oxygens (including phenoxy) is 1. The largest absolute Gasteiger partial charge is 0.376 e. The molecule has 1 heterocycles. The van der Waals surface area contributed by atoms with Crippen LogP contribution >= 0.6 is 0 Å². The van der Waals surface area contributed by atoms with Crippen molar-refractivity contribution in [2.45, 2.75) is 57.6 Å². The first kappa shape index (κ1) is 13.3. The molecular formula is C14H28N2O. The van der Waals surface area contributed by atoms with Crippen LogP contribution in [0.2, 0.25) is 0 Å². The smallest absolute Gasteiger partial charge is 0.0674 e. The van der Waals surface area contributed by atoms with Gasteiger partial charge in [-0.3, -0.25) is 4.90 Å². The normalized spacial score (nSPS) is 29.1. The standard InChI is InChI=1S/C14H28N2O/c1-13-12-16(10-11-17-13)9-8-15-14-6-4-2-3-5-7-14/h13-15H,2-12H2,1H3. The molecule has 2 aliphatic rings. The summed E-state index contributed by atoms with van der Waals surface area (Å²) < 4.78 is 5.56. The summed E-state index contributed by atoms with van der Waals surface area (Å²) in [6.07, 6.45) is 8.93. The van der Waals surface area contributed by atoms with Gasteiger partial charge in [0.1, 0.15) is 0 Å². The Labute approximate surface area is 106 Å². The highest BCUT2D eigenvalue weighted by molar-refractivity contribution is 4.73. The van der Waals surface area contributed by atoms with Crippen LogP contribution in [-0.4, -0.2) is 49.8 Å². The molecule has 0 radical (unpaired) electrons. The summed E-state index contributed by atoms with van der Waals surface area (Å²) in [7, 11) is 0. The second-order valence-corrected chi connectivity index (χ2v) is 5.62. The lowest BCUT2D eigenvalue weighted by Crippen LogP contribution is -2.45. The first-order valence-electron chi connectivity index (χ1n) is 7.42. The first-order chi connectivity index (χ1) is 8.34. The maximum atomic E-state index is 5.56. The third kappa shape index (κ3) is 4.94. The summed E-state index contributed by atoms with van der Waals surface area (Å²) in [6.45, 7) is 7.63. The highest BCUT2D eigenvalue weighted by atomic mass is 16.5. The van der Waals surface area contributed by atoms with Crippen LogP contribution in [0.15, 0.2) is 0 Å². The van der Waals surface area contributed by atoms with Crippen LogP contribution in [0.4, 0.5) is 0 Å². The molecule has 0 bridgehead atoms. The zero-order valence-corrected chi connectivity index (χ0v) is 11.3. The van der Waals surface area contributed by atoms with E-state index in [9.17, 15) is 0 Å². The Hall–Kier alpha value is -0.120. The van der Waals surface area contributed by atoms with Gasteiger partial charge in [0.15, 0.2) is 0 Å². The van der Waals surface area contributed by atoms with E-state index in [4.69, 9.17) is 4.74 Å². The Kier molecular flexibility index (Phi) is 5.75. The van der Waals surface area contributed by atoms with E-state index in [-0.39, 0.29) is 0 Å². The van der Waals surface area contributed by atoms with Crippen LogP contribution in [0.1, 0.15) is 45.4 Å². The molecule has 17 heavy (non-hydrogen) atoms. The maximum absolute atomic E-state index is 5.56. The molecule has 0 spiro atoms. The molecule has 1 saturated heterocycles. The molecular weight excluding hydrogens is 212 g/mol. The van der Waals surface area contributed by atoms with Gasteiger partial charge in [-0.05, 0) is 19.8 Å². The highest BCUT2D eigenvalue weighted by Crippen LogP contribution is 2.16. The van der Waals surface area contributed by atoms with Gasteiger partial charge in [-0.15, -0.1) is 0 Å². The summed E-state index contributed by atoms with van der Waals surface area (Å²) in [5.74, 6) is 0. The molecule has 0 aromatic heterocycles. The van der Waals surface area contributed by atoms with E-state index in [0.717, 1.165) is 32.3 Å². The lowest BCUT2D eigenvalue weighted by molar-refractivity contribution is -0.0178. The Morgan fingerprint density at radius 3 is 2.65 bits per heavy atom. The van der Waals surface area contributed by atoms with Crippen molar-refractivity contribution in [2.75, 3.05) is 32.8 Å². The van der Waals surface area contributed by atoms with Crippen molar-refractivity contribution in [3.05, 3.63) is 0 Å². The summed E-state index contributed by atoms with van der Waals surface area (Å²) >= 11 is 0. The molecule has 2 rings (SSSR count). The Bertz CT molecular complexity index is 200. The number of rotatable bonds is 4. The predicted molar refractivity (Wildman–Crippen MR) is 71.3 cm³/mol. The van der Waals surface area contributed by atoms with E-state index in [1.54, 1.807) is 0 Å². The summed E-state index contributed by atoms with van der Waals surface area (Å²) in [4.78, 5) is 2.53. The molecule has 1 unspecified atom stereocenters. The van der Waals surface area contributed by atoms with Crippen LogP contribution in [0.25, 0.3) is 0 Å². The maximum Gasteiger partial charge on any atom is 0.0674 e. The van der Waals surface area contributed by atoms with E-state index in [1.807, 2.05) is 0 Å². The summed E-state index contributed by atoms with van der Waals surface area (Å²) in [6, 6.07) is 0.788. The van der Waals surface area contributed by atoms with Crippen LogP contribution in [0.3, 0.4) is 0 Å². The fraction of sp³-hybridized carbons (Fsp3) is 1.00. The molecule has 0 aromatic carbocycles. The molecule has 1 N–H and O–H groups in total. The van der Waals surface area contributed by atoms with E-state index >= 15 is 0 Å². The van der Waals surface area contributed by atoms with Gasteiger partial charge >= 0.3 is 0 Å². The number of morpholine rings is 1. The molecule has 100 valence electrons. The van der Waals surface area contributed by atoms with Crippen molar-refractivity contribution in [3.8, 4) is 0 Å². The van der Waals surface area contributed by atoms with Crippen molar-refractivity contribution in [2.24, 2.45) is 0 Å². The summed E-state index contributed by atoms with van der Waals surface area (Å²) in [5.41, 5.74) is 0. The van der Waals surface area contributed by atoms with Gasteiger partial charge in [0, 0.05) is 32.2 Å². The third-order valence-electron chi connectivity index (χ3n) is 4.04. The SMILES string of the molecule is CC1CN(CCNC2CCCCCC2)CCO1. The number of hydrogen-bond donors (Lipinski definition) is 1. The van der Waals surface area contributed by atoms with Gasteiger partial charge in [0.05, 0.1) is 12.7 Å². The van der Waals surface area contributed by atoms with E-state index < -0.39 is 0 Å². The van der Waals surface area contributed by atoms with E-state index in [0.29, 0.717) is 6.10 Å². The van der Waals surface area contributed by atoms with Crippen molar-refractivity contribution in [3.63, 3.8) is 0 Å². The molecule has 1 aliphatic carbocycles. The average Bonchev–Trinajstić information content (AvgIpc) is 2.58. The van der Waals surface area contributed by atoms with Crippen LogP contribution in [-0.2, 0) is 4.74 Å². The quantitative estimate of drug-likeness (QED) is 0.761. The molecule has 1 atom stereocenters. The zero-order valence-electron chi connectivity index (χ0n) is 11.3. The second kappa shape index (κ2) is 7.34. The number of nitrogens with one attached hydrogen (secondary N) is 1. The number of hydrogen-bond acceptors (Lipinski definition) is 3. The zero-order chi connectivity index (χ0) is 11.9. The monoisotopic (exact) mass is 240 g/mol. The van der Waals surface area contributed by atoms with Gasteiger partial charge in [-0.25, -0.2) is 0 Å². The van der Waals surface area contributed by atoms with Crippen molar-refractivity contribution < 1.29 is 4.74 Å². The molecule has 3 nitrogen and oxygen atoms in total. The van der Waals surface area contributed by atoms with Crippen LogP contribution in [0, 0.1) is 0 Å².